The highest BCUT2D eigenvalue weighted by Gasteiger charge is 2.28. The molecule has 24 heavy (non-hydrogen) atoms. The van der Waals surface area contributed by atoms with E-state index in [4.69, 9.17) is 4.52 Å². The summed E-state index contributed by atoms with van der Waals surface area (Å²) in [4.78, 5) is 17.3. The summed E-state index contributed by atoms with van der Waals surface area (Å²) in [5.41, 5.74) is 2.10. The summed E-state index contributed by atoms with van der Waals surface area (Å²) in [6.07, 6.45) is 1.15. The van der Waals surface area contributed by atoms with Gasteiger partial charge in [0.2, 0.25) is 0 Å². The normalized spacial score (nSPS) is 15.7. The molecule has 1 fully saturated rings. The van der Waals surface area contributed by atoms with Crippen molar-refractivity contribution in [3.8, 4) is 11.3 Å². The highest BCUT2D eigenvalue weighted by molar-refractivity contribution is 9.10. The van der Waals surface area contributed by atoms with Gasteiger partial charge in [0.05, 0.1) is 0 Å². The summed E-state index contributed by atoms with van der Waals surface area (Å²) in [5.74, 6) is 0.594. The number of piperazine rings is 1. The Morgan fingerprint density at radius 1 is 1.21 bits per heavy atom. The highest BCUT2D eigenvalue weighted by Crippen LogP contribution is 2.28. The van der Waals surface area contributed by atoms with Crippen LogP contribution in [0.4, 0.5) is 0 Å². The predicted molar refractivity (Wildman–Crippen MR) is 97.0 cm³/mol. The maximum Gasteiger partial charge on any atom is 0.259 e. The summed E-state index contributed by atoms with van der Waals surface area (Å²) in [6.45, 7) is 8.44. The Morgan fingerprint density at radius 2 is 1.88 bits per heavy atom. The lowest BCUT2D eigenvalue weighted by molar-refractivity contribution is 0.0636. The number of carbonyl (C=O) groups excluding carboxylic acids is 1. The first kappa shape index (κ1) is 17.2. The fraction of sp³-hybridized carbons (Fsp3) is 0.444. The van der Waals surface area contributed by atoms with Gasteiger partial charge in [-0.2, -0.15) is 0 Å². The Hall–Kier alpha value is -1.66. The van der Waals surface area contributed by atoms with Gasteiger partial charge in [-0.15, -0.1) is 0 Å². The second-order valence-electron chi connectivity index (χ2n) is 6.10. The van der Waals surface area contributed by atoms with E-state index in [0.717, 1.165) is 49.2 Å². The molecule has 0 unspecified atom stereocenters. The predicted octanol–water partition coefficient (Wildman–Crippen LogP) is 3.58. The monoisotopic (exact) mass is 391 g/mol. The van der Waals surface area contributed by atoms with Crippen LogP contribution in [0.15, 0.2) is 33.3 Å². The van der Waals surface area contributed by atoms with Crippen LogP contribution in [0.3, 0.4) is 0 Å². The van der Waals surface area contributed by atoms with Crippen molar-refractivity contribution < 1.29 is 9.32 Å². The van der Waals surface area contributed by atoms with Crippen LogP contribution in [0, 0.1) is 6.92 Å². The molecule has 3 rings (SSSR count). The molecule has 1 aliphatic heterocycles. The molecule has 6 heteroatoms. The van der Waals surface area contributed by atoms with Crippen molar-refractivity contribution in [3.63, 3.8) is 0 Å². The third-order valence-electron chi connectivity index (χ3n) is 4.39. The summed E-state index contributed by atoms with van der Waals surface area (Å²) in [6, 6.07) is 7.77. The number of carbonyl (C=O) groups is 1. The minimum atomic E-state index is 0.0165. The lowest BCUT2D eigenvalue weighted by atomic mass is 10.0. The Labute approximate surface area is 150 Å². The van der Waals surface area contributed by atoms with Crippen LogP contribution in [0.2, 0.25) is 0 Å². The number of aryl methyl sites for hydroxylation is 1. The highest BCUT2D eigenvalue weighted by atomic mass is 79.9. The number of nitrogens with zero attached hydrogens (tertiary/aromatic N) is 3. The second kappa shape index (κ2) is 7.49. The van der Waals surface area contributed by atoms with Crippen molar-refractivity contribution >= 4 is 21.8 Å². The molecule has 2 aromatic rings. The number of aromatic nitrogens is 1. The number of amides is 1. The van der Waals surface area contributed by atoms with Crippen molar-refractivity contribution in [2.24, 2.45) is 0 Å². The van der Waals surface area contributed by atoms with Crippen LogP contribution < -0.4 is 0 Å². The van der Waals surface area contributed by atoms with Crippen molar-refractivity contribution in [2.75, 3.05) is 32.7 Å². The first-order valence-electron chi connectivity index (χ1n) is 8.34. The molecule has 1 aromatic carbocycles. The molecule has 1 aliphatic rings. The minimum absolute atomic E-state index is 0.0165. The smallest absolute Gasteiger partial charge is 0.259 e. The fourth-order valence-electron chi connectivity index (χ4n) is 3.08. The Balaban J connectivity index is 1.81. The van der Waals surface area contributed by atoms with Gasteiger partial charge in [-0.1, -0.05) is 40.1 Å². The Kier molecular flexibility index (Phi) is 5.36. The zero-order valence-corrected chi connectivity index (χ0v) is 15.7. The first-order valence-corrected chi connectivity index (χ1v) is 9.13. The molecule has 128 valence electrons. The van der Waals surface area contributed by atoms with Gasteiger partial charge in [-0.3, -0.25) is 9.69 Å². The molecule has 0 saturated carbocycles. The molecule has 0 spiro atoms. The molecule has 1 saturated heterocycles. The maximum atomic E-state index is 13.0. The van der Waals surface area contributed by atoms with Crippen molar-refractivity contribution in [1.29, 1.82) is 0 Å². The Morgan fingerprint density at radius 3 is 2.50 bits per heavy atom. The molecule has 1 aromatic heterocycles. The molecule has 0 aliphatic carbocycles. The molecule has 2 heterocycles. The largest absolute Gasteiger partial charge is 0.360 e. The summed E-state index contributed by atoms with van der Waals surface area (Å²) in [5, 5.41) is 4.13. The number of halogens is 1. The molecular weight excluding hydrogens is 370 g/mol. The number of hydrogen-bond donors (Lipinski definition) is 0. The van der Waals surface area contributed by atoms with E-state index in [1.807, 2.05) is 29.2 Å². The van der Waals surface area contributed by atoms with Gasteiger partial charge in [0, 0.05) is 36.2 Å². The molecule has 0 radical (unpaired) electrons. The van der Waals surface area contributed by atoms with Crippen molar-refractivity contribution in [1.82, 2.24) is 15.0 Å². The van der Waals surface area contributed by atoms with Gasteiger partial charge >= 0.3 is 0 Å². The van der Waals surface area contributed by atoms with E-state index in [1.54, 1.807) is 6.92 Å². The SMILES string of the molecule is CCCN1CCN(C(=O)c2c(-c3ccc(Br)cc3)noc2C)CC1. The average Bonchev–Trinajstić information content (AvgIpc) is 2.97. The zero-order chi connectivity index (χ0) is 17.1. The zero-order valence-electron chi connectivity index (χ0n) is 14.1. The lowest BCUT2D eigenvalue weighted by Crippen LogP contribution is -2.48. The molecular formula is C18H22BrN3O2. The second-order valence-corrected chi connectivity index (χ2v) is 7.02. The number of hydrogen-bond acceptors (Lipinski definition) is 4. The van der Waals surface area contributed by atoms with Crippen LogP contribution >= 0.6 is 15.9 Å². The van der Waals surface area contributed by atoms with E-state index < -0.39 is 0 Å². The number of rotatable bonds is 4. The lowest BCUT2D eigenvalue weighted by Gasteiger charge is -2.34. The Bertz CT molecular complexity index is 704. The summed E-state index contributed by atoms with van der Waals surface area (Å²) < 4.78 is 6.32. The van der Waals surface area contributed by atoms with E-state index in [1.165, 1.54) is 0 Å². The third-order valence-corrected chi connectivity index (χ3v) is 4.92. The molecule has 1 amide bonds. The van der Waals surface area contributed by atoms with E-state index in [9.17, 15) is 4.79 Å². The average molecular weight is 392 g/mol. The van der Waals surface area contributed by atoms with Gasteiger partial charge < -0.3 is 9.42 Å². The maximum absolute atomic E-state index is 13.0. The van der Waals surface area contributed by atoms with Crippen molar-refractivity contribution in [2.45, 2.75) is 20.3 Å². The van der Waals surface area contributed by atoms with Crippen molar-refractivity contribution in [3.05, 3.63) is 40.1 Å². The van der Waals surface area contributed by atoms with Gasteiger partial charge in [0.1, 0.15) is 17.0 Å². The summed E-state index contributed by atoms with van der Waals surface area (Å²) in [7, 11) is 0. The van der Waals surface area contributed by atoms with E-state index in [2.05, 4.69) is 32.9 Å². The molecule has 5 nitrogen and oxygen atoms in total. The first-order chi connectivity index (χ1) is 11.6. The van der Waals surface area contributed by atoms with E-state index in [-0.39, 0.29) is 5.91 Å². The summed E-state index contributed by atoms with van der Waals surface area (Å²) >= 11 is 3.43. The minimum Gasteiger partial charge on any atom is -0.360 e. The number of benzene rings is 1. The van der Waals surface area contributed by atoms with Crippen LogP contribution in [0.5, 0.6) is 0 Å². The van der Waals surface area contributed by atoms with Gasteiger partial charge in [-0.05, 0) is 32.0 Å². The van der Waals surface area contributed by atoms with Crippen LogP contribution in [0.1, 0.15) is 29.5 Å². The third kappa shape index (κ3) is 3.54. The standard InChI is InChI=1S/C18H22BrN3O2/c1-3-8-21-9-11-22(12-10-21)18(23)16-13(2)24-20-17(16)14-4-6-15(19)7-5-14/h4-7H,3,8-12H2,1-2H3. The van der Waals surface area contributed by atoms with Gasteiger partial charge in [-0.25, -0.2) is 0 Å². The van der Waals surface area contributed by atoms with Crippen LogP contribution in [-0.2, 0) is 0 Å². The molecule has 0 bridgehead atoms. The molecule has 0 atom stereocenters. The van der Waals surface area contributed by atoms with Crippen LogP contribution in [0.25, 0.3) is 11.3 Å². The van der Waals surface area contributed by atoms with E-state index >= 15 is 0 Å². The topological polar surface area (TPSA) is 49.6 Å². The molecule has 0 N–H and O–H groups in total. The van der Waals surface area contributed by atoms with E-state index in [0.29, 0.717) is 17.0 Å². The quantitative estimate of drug-likeness (QED) is 0.798. The van der Waals surface area contributed by atoms with Crippen LogP contribution in [-0.4, -0.2) is 53.6 Å². The fourth-order valence-corrected chi connectivity index (χ4v) is 3.34. The van der Waals surface area contributed by atoms with Gasteiger partial charge in [0.15, 0.2) is 0 Å². The van der Waals surface area contributed by atoms with Gasteiger partial charge in [0.25, 0.3) is 5.91 Å².